The summed E-state index contributed by atoms with van der Waals surface area (Å²) in [5, 5.41) is 5.02. The van der Waals surface area contributed by atoms with E-state index >= 15 is 0 Å². The molecule has 0 aliphatic heterocycles. The van der Waals surface area contributed by atoms with Crippen LogP contribution >= 0.6 is 11.6 Å². The molecule has 0 atom stereocenters. The molecule has 0 radical (unpaired) electrons. The minimum Gasteiger partial charge on any atom is -0.468 e. The van der Waals surface area contributed by atoms with Crippen LogP contribution in [0.15, 0.2) is 24.3 Å². The van der Waals surface area contributed by atoms with Crippen molar-refractivity contribution in [2.24, 2.45) is 0 Å². The van der Waals surface area contributed by atoms with Gasteiger partial charge in [-0.15, -0.1) is 0 Å². The van der Waals surface area contributed by atoms with Crippen LogP contribution < -0.4 is 10.6 Å². The van der Waals surface area contributed by atoms with E-state index in [2.05, 4.69) is 15.4 Å². The summed E-state index contributed by atoms with van der Waals surface area (Å²) in [6.07, 6.45) is 0. The summed E-state index contributed by atoms with van der Waals surface area (Å²) in [4.78, 5) is 35.9. The van der Waals surface area contributed by atoms with Crippen LogP contribution in [0.4, 0.5) is 4.79 Å². The highest BCUT2D eigenvalue weighted by atomic mass is 35.5. The van der Waals surface area contributed by atoms with Gasteiger partial charge in [0.05, 0.1) is 20.2 Å². The number of hydrogen-bond donors (Lipinski definition) is 2. The van der Waals surface area contributed by atoms with Gasteiger partial charge in [-0.05, 0) is 17.7 Å². The van der Waals surface area contributed by atoms with Gasteiger partial charge in [0.25, 0.3) is 0 Å². The Kier molecular flexibility index (Phi) is 7.34. The van der Waals surface area contributed by atoms with Gasteiger partial charge in [-0.25, -0.2) is 4.79 Å². The highest BCUT2D eigenvalue weighted by Crippen LogP contribution is 2.11. The topological polar surface area (TPSA) is 87.7 Å². The Hall–Kier alpha value is -2.12. The molecule has 0 spiro atoms. The number of ether oxygens (including phenoxy) is 1. The van der Waals surface area contributed by atoms with E-state index in [0.717, 1.165) is 5.56 Å². The third kappa shape index (κ3) is 6.55. The molecule has 1 aromatic rings. The highest BCUT2D eigenvalue weighted by Gasteiger charge is 2.16. The van der Waals surface area contributed by atoms with Gasteiger partial charge in [-0.3, -0.25) is 19.8 Å². The van der Waals surface area contributed by atoms with E-state index in [-0.39, 0.29) is 13.1 Å². The number of amides is 3. The standard InChI is InChI=1S/C14H18ClN3O4/c1-16-14(21)17-12(19)8-18(9-13(20)22-2)7-10-3-5-11(15)6-4-10/h3-6H,7-9H2,1-2H3,(H2,16,17,19,21). The number of halogens is 1. The number of rotatable bonds is 6. The predicted octanol–water partition coefficient (Wildman–Crippen LogP) is 0.771. The lowest BCUT2D eigenvalue weighted by Crippen LogP contribution is -2.44. The molecule has 0 unspecified atom stereocenters. The van der Waals surface area contributed by atoms with Gasteiger partial charge in [-0.2, -0.15) is 0 Å². The van der Waals surface area contributed by atoms with Gasteiger partial charge >= 0.3 is 12.0 Å². The first-order valence-electron chi connectivity index (χ1n) is 6.49. The summed E-state index contributed by atoms with van der Waals surface area (Å²) in [6.45, 7) is 0.152. The average Bonchev–Trinajstić information content (AvgIpc) is 2.49. The maximum absolute atomic E-state index is 11.8. The Bertz CT molecular complexity index is 533. The fourth-order valence-electron chi connectivity index (χ4n) is 1.69. The summed E-state index contributed by atoms with van der Waals surface area (Å²) in [5.74, 6) is -0.987. The summed E-state index contributed by atoms with van der Waals surface area (Å²) < 4.78 is 4.61. The summed E-state index contributed by atoms with van der Waals surface area (Å²) in [6, 6.07) is 6.43. The lowest BCUT2D eigenvalue weighted by Gasteiger charge is -2.20. The van der Waals surface area contributed by atoms with E-state index in [0.29, 0.717) is 11.6 Å². The molecule has 22 heavy (non-hydrogen) atoms. The first kappa shape index (κ1) is 17.9. The molecule has 0 heterocycles. The highest BCUT2D eigenvalue weighted by molar-refractivity contribution is 6.30. The van der Waals surface area contributed by atoms with Crippen molar-refractivity contribution in [2.45, 2.75) is 6.54 Å². The first-order chi connectivity index (χ1) is 10.4. The maximum atomic E-state index is 11.8. The fraction of sp³-hybridized carbons (Fsp3) is 0.357. The van der Waals surface area contributed by atoms with Crippen molar-refractivity contribution in [3.63, 3.8) is 0 Å². The van der Waals surface area contributed by atoms with E-state index in [1.807, 2.05) is 0 Å². The molecular formula is C14H18ClN3O4. The molecule has 2 N–H and O–H groups in total. The summed E-state index contributed by atoms with van der Waals surface area (Å²) in [5.41, 5.74) is 0.876. The first-order valence-corrected chi connectivity index (χ1v) is 6.87. The SMILES string of the molecule is CNC(=O)NC(=O)CN(CC(=O)OC)Cc1ccc(Cl)cc1. The van der Waals surface area contributed by atoms with Gasteiger partial charge in [-0.1, -0.05) is 23.7 Å². The number of urea groups is 1. The fourth-order valence-corrected chi connectivity index (χ4v) is 1.82. The van der Waals surface area contributed by atoms with E-state index in [4.69, 9.17) is 11.6 Å². The third-order valence-electron chi connectivity index (χ3n) is 2.75. The largest absolute Gasteiger partial charge is 0.468 e. The number of methoxy groups -OCH3 is 1. The molecule has 0 saturated heterocycles. The van der Waals surface area contributed by atoms with E-state index in [9.17, 15) is 14.4 Å². The maximum Gasteiger partial charge on any atom is 0.321 e. The van der Waals surface area contributed by atoms with E-state index in [1.165, 1.54) is 14.2 Å². The molecular weight excluding hydrogens is 310 g/mol. The van der Waals surface area contributed by atoms with Gasteiger partial charge in [0.2, 0.25) is 5.91 Å². The van der Waals surface area contributed by atoms with Gasteiger partial charge in [0.1, 0.15) is 0 Å². The number of hydrogen-bond acceptors (Lipinski definition) is 5. The molecule has 1 aromatic carbocycles. The minimum atomic E-state index is -0.602. The third-order valence-corrected chi connectivity index (χ3v) is 3.00. The van der Waals surface area contributed by atoms with Crippen molar-refractivity contribution < 1.29 is 19.1 Å². The van der Waals surface area contributed by atoms with Crippen molar-refractivity contribution >= 4 is 29.5 Å². The Labute approximate surface area is 133 Å². The number of nitrogens with zero attached hydrogens (tertiary/aromatic N) is 1. The van der Waals surface area contributed by atoms with Gasteiger partial charge < -0.3 is 10.1 Å². The number of nitrogens with one attached hydrogen (secondary N) is 2. The zero-order valence-corrected chi connectivity index (χ0v) is 13.1. The summed E-state index contributed by atoms with van der Waals surface area (Å²) >= 11 is 5.82. The van der Waals surface area contributed by atoms with Crippen molar-refractivity contribution in [2.75, 3.05) is 27.2 Å². The van der Waals surface area contributed by atoms with Crippen LogP contribution in [-0.2, 0) is 20.9 Å². The zero-order valence-electron chi connectivity index (χ0n) is 12.4. The second kappa shape index (κ2) is 9.01. The molecule has 7 nitrogen and oxygen atoms in total. The van der Waals surface area contributed by atoms with E-state index < -0.39 is 17.9 Å². The molecule has 0 aliphatic carbocycles. The number of esters is 1. The lowest BCUT2D eigenvalue weighted by molar-refractivity contribution is -0.142. The smallest absolute Gasteiger partial charge is 0.321 e. The molecule has 8 heteroatoms. The second-order valence-electron chi connectivity index (χ2n) is 4.48. The molecule has 0 aromatic heterocycles. The Balaban J connectivity index is 2.70. The van der Waals surface area contributed by atoms with Crippen molar-refractivity contribution in [3.8, 4) is 0 Å². The number of carbonyl (C=O) groups is 3. The second-order valence-corrected chi connectivity index (χ2v) is 4.91. The quantitative estimate of drug-likeness (QED) is 0.754. The van der Waals surface area contributed by atoms with Gasteiger partial charge in [0.15, 0.2) is 0 Å². The Morgan fingerprint density at radius 1 is 1.18 bits per heavy atom. The normalized spacial score (nSPS) is 10.2. The molecule has 0 saturated carbocycles. The number of benzene rings is 1. The van der Waals surface area contributed by atoms with Crippen LogP contribution in [0.3, 0.4) is 0 Å². The Morgan fingerprint density at radius 2 is 1.82 bits per heavy atom. The molecule has 0 bridgehead atoms. The van der Waals surface area contributed by atoms with Crippen molar-refractivity contribution in [1.82, 2.24) is 15.5 Å². The lowest BCUT2D eigenvalue weighted by atomic mass is 10.2. The predicted molar refractivity (Wildman–Crippen MR) is 81.3 cm³/mol. The number of carbonyl (C=O) groups excluding carboxylic acids is 3. The van der Waals surface area contributed by atoms with Crippen molar-refractivity contribution in [3.05, 3.63) is 34.9 Å². The van der Waals surface area contributed by atoms with Crippen LogP contribution in [0.5, 0.6) is 0 Å². The summed E-state index contributed by atoms with van der Waals surface area (Å²) in [7, 11) is 2.68. The molecule has 0 aliphatic rings. The molecule has 0 fully saturated rings. The molecule has 1 rings (SSSR count). The van der Waals surface area contributed by atoms with Crippen molar-refractivity contribution in [1.29, 1.82) is 0 Å². The van der Waals surface area contributed by atoms with Gasteiger partial charge in [0, 0.05) is 18.6 Å². The zero-order chi connectivity index (χ0) is 16.5. The molecule has 3 amide bonds. The van der Waals surface area contributed by atoms with Crippen LogP contribution in [-0.4, -0.2) is 50.1 Å². The molecule has 120 valence electrons. The average molecular weight is 328 g/mol. The minimum absolute atomic E-state index is 0.0692. The van der Waals surface area contributed by atoms with E-state index in [1.54, 1.807) is 29.2 Å². The van der Waals surface area contributed by atoms with Crippen LogP contribution in [0.25, 0.3) is 0 Å². The Morgan fingerprint density at radius 3 is 2.36 bits per heavy atom. The van der Waals surface area contributed by atoms with Crippen LogP contribution in [0.1, 0.15) is 5.56 Å². The van der Waals surface area contributed by atoms with Crippen LogP contribution in [0, 0.1) is 0 Å². The van der Waals surface area contributed by atoms with Crippen LogP contribution in [0.2, 0.25) is 5.02 Å². The number of imide groups is 1. The monoisotopic (exact) mass is 327 g/mol.